The molecule has 188 valence electrons. The van der Waals surface area contributed by atoms with Gasteiger partial charge in [-0.2, -0.15) is 0 Å². The van der Waals surface area contributed by atoms with E-state index < -0.39 is 23.5 Å². The van der Waals surface area contributed by atoms with E-state index in [9.17, 15) is 19.1 Å². The number of aliphatic hydroxyl groups excluding tert-OH is 1. The number of nitrogens with zero attached hydrogens (tertiary/aromatic N) is 2. The first kappa shape index (κ1) is 24.5. The van der Waals surface area contributed by atoms with E-state index in [0.29, 0.717) is 34.3 Å². The van der Waals surface area contributed by atoms with Gasteiger partial charge in [-0.05, 0) is 66.6 Å². The Bertz CT molecular complexity index is 1510. The van der Waals surface area contributed by atoms with Crippen LogP contribution in [0.2, 0.25) is 0 Å². The fraction of sp³-hybridized carbons (Fsp3) is 0.179. The smallest absolute Gasteiger partial charge is 0.301 e. The van der Waals surface area contributed by atoms with E-state index in [1.165, 1.54) is 40.5 Å². The quantitative estimate of drug-likeness (QED) is 0.187. The normalized spacial score (nSPS) is 16.9. The first-order chi connectivity index (χ1) is 17.9. The summed E-state index contributed by atoms with van der Waals surface area (Å²) >= 11 is 1.24. The van der Waals surface area contributed by atoms with E-state index in [1.807, 2.05) is 6.92 Å². The van der Waals surface area contributed by atoms with Crippen LogP contribution in [0.25, 0.3) is 16.0 Å². The van der Waals surface area contributed by atoms with Crippen molar-refractivity contribution in [2.75, 3.05) is 18.6 Å². The van der Waals surface area contributed by atoms with Crippen molar-refractivity contribution in [3.05, 3.63) is 89.2 Å². The third-order valence-corrected chi connectivity index (χ3v) is 7.04. The minimum absolute atomic E-state index is 0.101. The Morgan fingerprint density at radius 1 is 1.05 bits per heavy atom. The van der Waals surface area contributed by atoms with Crippen LogP contribution >= 0.6 is 11.3 Å². The number of ketones is 1. The van der Waals surface area contributed by atoms with Gasteiger partial charge in [-0.25, -0.2) is 9.37 Å². The molecule has 0 bridgehead atoms. The van der Waals surface area contributed by atoms with Crippen molar-refractivity contribution in [1.29, 1.82) is 0 Å². The zero-order chi connectivity index (χ0) is 26.1. The highest BCUT2D eigenvalue weighted by atomic mass is 32.1. The molecule has 2 heterocycles. The maximum atomic E-state index is 13.5. The molecular weight excluding hydrogens is 495 g/mol. The molecule has 1 aromatic heterocycles. The number of hydrogen-bond acceptors (Lipinski definition) is 7. The van der Waals surface area contributed by atoms with Crippen molar-refractivity contribution in [2.45, 2.75) is 19.4 Å². The number of aromatic nitrogens is 1. The standard InChI is InChI=1S/C28H23FN2O5S/c1-3-14-36-19-10-6-16(7-11-19)24-23(25(32)17-4-8-18(29)9-5-17)26(33)27(34)31(24)28-30-21-13-12-20(35-2)15-22(21)37-28/h4-13,15,24,32H,3,14H2,1-2H3/t24-/m1/s1. The summed E-state index contributed by atoms with van der Waals surface area (Å²) < 4.78 is 25.3. The maximum absolute atomic E-state index is 13.5. The molecule has 9 heteroatoms. The molecule has 4 aromatic rings. The number of amides is 1. The van der Waals surface area contributed by atoms with Crippen LogP contribution in [-0.2, 0) is 9.59 Å². The van der Waals surface area contributed by atoms with Gasteiger partial charge in [0.15, 0.2) is 5.13 Å². The molecule has 0 radical (unpaired) electrons. The minimum atomic E-state index is -0.951. The van der Waals surface area contributed by atoms with Gasteiger partial charge in [-0.15, -0.1) is 0 Å². The maximum Gasteiger partial charge on any atom is 0.301 e. The molecule has 1 aliphatic rings. The van der Waals surface area contributed by atoms with Crippen molar-refractivity contribution >= 4 is 44.1 Å². The van der Waals surface area contributed by atoms with Crippen LogP contribution in [0.1, 0.15) is 30.5 Å². The van der Waals surface area contributed by atoms with E-state index in [2.05, 4.69) is 4.98 Å². The van der Waals surface area contributed by atoms with Crippen LogP contribution < -0.4 is 14.4 Å². The lowest BCUT2D eigenvalue weighted by Gasteiger charge is -2.23. The number of rotatable bonds is 7. The fourth-order valence-electron chi connectivity index (χ4n) is 4.20. The van der Waals surface area contributed by atoms with E-state index in [4.69, 9.17) is 9.47 Å². The molecule has 1 fully saturated rings. The van der Waals surface area contributed by atoms with Crippen molar-refractivity contribution in [3.63, 3.8) is 0 Å². The van der Waals surface area contributed by atoms with Gasteiger partial charge in [-0.3, -0.25) is 14.5 Å². The lowest BCUT2D eigenvalue weighted by atomic mass is 9.95. The Morgan fingerprint density at radius 2 is 1.76 bits per heavy atom. The van der Waals surface area contributed by atoms with Gasteiger partial charge >= 0.3 is 5.91 Å². The summed E-state index contributed by atoms with van der Waals surface area (Å²) in [6.07, 6.45) is 0.849. The number of Topliss-reactive ketones (excluding diaryl/α,β-unsaturated/α-hetero) is 1. The second-order valence-corrected chi connectivity index (χ2v) is 9.43. The Morgan fingerprint density at radius 3 is 2.43 bits per heavy atom. The predicted octanol–water partition coefficient (Wildman–Crippen LogP) is 5.86. The second kappa shape index (κ2) is 10.0. The third-order valence-electron chi connectivity index (χ3n) is 6.02. The SMILES string of the molecule is CCCOc1ccc([C@@H]2C(=C(O)c3ccc(F)cc3)C(=O)C(=O)N2c2nc3ccc(OC)cc3s2)cc1. The van der Waals surface area contributed by atoms with E-state index in [1.54, 1.807) is 49.6 Å². The third kappa shape index (κ3) is 4.53. The monoisotopic (exact) mass is 518 g/mol. The highest BCUT2D eigenvalue weighted by Crippen LogP contribution is 2.44. The van der Waals surface area contributed by atoms with Crippen LogP contribution in [-0.4, -0.2) is 35.5 Å². The molecule has 1 aliphatic heterocycles. The Hall–Kier alpha value is -4.24. The number of carbonyl (C=O) groups is 2. The number of hydrogen-bond donors (Lipinski definition) is 1. The largest absolute Gasteiger partial charge is 0.507 e. The molecule has 0 unspecified atom stereocenters. The number of carbonyl (C=O) groups excluding carboxylic acids is 2. The lowest BCUT2D eigenvalue weighted by molar-refractivity contribution is -0.132. The van der Waals surface area contributed by atoms with Gasteiger partial charge in [0.25, 0.3) is 5.78 Å². The van der Waals surface area contributed by atoms with Crippen molar-refractivity contribution in [2.24, 2.45) is 0 Å². The Labute approximate surface area is 216 Å². The molecule has 1 atom stereocenters. The molecule has 5 rings (SSSR count). The predicted molar refractivity (Wildman–Crippen MR) is 140 cm³/mol. The Kier molecular flexibility index (Phi) is 6.62. The van der Waals surface area contributed by atoms with Crippen molar-refractivity contribution < 1.29 is 28.6 Å². The highest BCUT2D eigenvalue weighted by Gasteiger charge is 2.48. The number of anilines is 1. The summed E-state index contributed by atoms with van der Waals surface area (Å²) in [5.74, 6) is -1.25. The molecule has 1 amide bonds. The lowest BCUT2D eigenvalue weighted by Crippen LogP contribution is -2.29. The number of benzene rings is 3. The number of ether oxygens (including phenoxy) is 2. The first-order valence-corrected chi connectivity index (χ1v) is 12.5. The molecule has 1 N–H and O–H groups in total. The zero-order valence-electron chi connectivity index (χ0n) is 20.1. The van der Waals surface area contributed by atoms with Gasteiger partial charge in [-0.1, -0.05) is 30.4 Å². The van der Waals surface area contributed by atoms with Gasteiger partial charge < -0.3 is 14.6 Å². The van der Waals surface area contributed by atoms with Crippen LogP contribution in [0.15, 0.2) is 72.3 Å². The molecule has 0 aliphatic carbocycles. The Balaban J connectivity index is 1.66. The number of aliphatic hydroxyl groups is 1. The van der Waals surface area contributed by atoms with E-state index >= 15 is 0 Å². The van der Waals surface area contributed by atoms with Crippen LogP contribution in [0.5, 0.6) is 11.5 Å². The van der Waals surface area contributed by atoms with Crippen LogP contribution in [0, 0.1) is 5.82 Å². The molecule has 1 saturated heterocycles. The first-order valence-electron chi connectivity index (χ1n) is 11.7. The number of halogens is 1. The summed E-state index contributed by atoms with van der Waals surface area (Å²) in [7, 11) is 1.56. The highest BCUT2D eigenvalue weighted by molar-refractivity contribution is 7.22. The molecular formula is C28H23FN2O5S. The van der Waals surface area contributed by atoms with Gasteiger partial charge in [0.05, 0.1) is 35.5 Å². The number of methoxy groups -OCH3 is 1. The van der Waals surface area contributed by atoms with Crippen LogP contribution in [0.4, 0.5) is 9.52 Å². The summed E-state index contributed by atoms with van der Waals surface area (Å²) in [6.45, 7) is 2.56. The summed E-state index contributed by atoms with van der Waals surface area (Å²) in [5, 5.41) is 11.5. The average molecular weight is 519 g/mol. The van der Waals surface area contributed by atoms with Crippen molar-refractivity contribution in [3.8, 4) is 11.5 Å². The fourth-order valence-corrected chi connectivity index (χ4v) is 5.22. The molecule has 0 saturated carbocycles. The molecule has 37 heavy (non-hydrogen) atoms. The zero-order valence-corrected chi connectivity index (χ0v) is 20.9. The van der Waals surface area contributed by atoms with E-state index in [0.717, 1.165) is 11.1 Å². The molecule has 3 aromatic carbocycles. The topological polar surface area (TPSA) is 89.0 Å². The van der Waals surface area contributed by atoms with Crippen LogP contribution in [0.3, 0.4) is 0 Å². The van der Waals surface area contributed by atoms with E-state index in [-0.39, 0.29) is 16.9 Å². The summed E-state index contributed by atoms with van der Waals surface area (Å²) in [6, 6.07) is 16.5. The average Bonchev–Trinajstić information content (AvgIpc) is 3.45. The van der Waals surface area contributed by atoms with Crippen molar-refractivity contribution in [1.82, 2.24) is 4.98 Å². The number of fused-ring (bicyclic) bond motifs is 1. The van der Waals surface area contributed by atoms with Gasteiger partial charge in [0, 0.05) is 5.56 Å². The minimum Gasteiger partial charge on any atom is -0.507 e. The van der Waals surface area contributed by atoms with Gasteiger partial charge in [0.1, 0.15) is 23.1 Å². The number of thiazole rings is 1. The summed E-state index contributed by atoms with van der Waals surface area (Å²) in [5.41, 5.74) is 1.35. The molecule has 0 spiro atoms. The second-order valence-electron chi connectivity index (χ2n) is 8.42. The molecule has 7 nitrogen and oxygen atoms in total. The summed E-state index contributed by atoms with van der Waals surface area (Å²) in [4.78, 5) is 32.6. The van der Waals surface area contributed by atoms with Gasteiger partial charge in [0.2, 0.25) is 0 Å².